The van der Waals surface area contributed by atoms with Gasteiger partial charge in [-0.3, -0.25) is 9.59 Å². The third-order valence-electron chi connectivity index (χ3n) is 3.42. The molecule has 0 radical (unpaired) electrons. The lowest BCUT2D eigenvalue weighted by atomic mass is 10.1. The molecule has 2 amide bonds. The van der Waals surface area contributed by atoms with Crippen molar-refractivity contribution in [3.05, 3.63) is 35.9 Å². The Hall–Kier alpha value is -1.84. The summed E-state index contributed by atoms with van der Waals surface area (Å²) in [5.41, 5.74) is 0.984. The Labute approximate surface area is 127 Å². The topological polar surface area (TPSA) is 58.2 Å². The summed E-state index contributed by atoms with van der Waals surface area (Å²) in [7, 11) is 0. The number of hydrogen-bond donors (Lipinski definition) is 2. The number of amides is 2. The minimum Gasteiger partial charge on any atom is -0.348 e. The normalized spacial score (nSPS) is 11.7. The van der Waals surface area contributed by atoms with Gasteiger partial charge in [-0.25, -0.2) is 0 Å². The molecule has 0 aliphatic carbocycles. The van der Waals surface area contributed by atoms with E-state index in [4.69, 9.17) is 0 Å². The quantitative estimate of drug-likeness (QED) is 0.571. The van der Waals surface area contributed by atoms with Gasteiger partial charge < -0.3 is 10.6 Å². The minimum atomic E-state index is -0.570. The minimum absolute atomic E-state index is 0.172. The molecule has 21 heavy (non-hydrogen) atoms. The Bertz CT molecular complexity index is 432. The molecular formula is C17H26N2O2. The predicted molar refractivity (Wildman–Crippen MR) is 84.8 cm³/mol. The second-order valence-electron chi connectivity index (χ2n) is 5.28. The van der Waals surface area contributed by atoms with E-state index in [0.717, 1.165) is 18.4 Å². The van der Waals surface area contributed by atoms with Crippen molar-refractivity contribution >= 4 is 11.8 Å². The summed E-state index contributed by atoms with van der Waals surface area (Å²) < 4.78 is 0. The van der Waals surface area contributed by atoms with Gasteiger partial charge in [-0.05, 0) is 18.9 Å². The van der Waals surface area contributed by atoms with Gasteiger partial charge in [0.2, 0.25) is 0 Å². The fraction of sp³-hybridized carbons (Fsp3) is 0.529. The van der Waals surface area contributed by atoms with Gasteiger partial charge in [0.1, 0.15) is 0 Å². The second-order valence-corrected chi connectivity index (χ2v) is 5.28. The largest absolute Gasteiger partial charge is 0.348 e. The van der Waals surface area contributed by atoms with Crippen molar-refractivity contribution in [1.82, 2.24) is 10.6 Å². The third-order valence-corrected chi connectivity index (χ3v) is 3.42. The maximum Gasteiger partial charge on any atom is 0.309 e. The number of carbonyl (C=O) groups is 2. The van der Waals surface area contributed by atoms with Crippen LogP contribution >= 0.6 is 0 Å². The van der Waals surface area contributed by atoms with Crippen molar-refractivity contribution in [1.29, 1.82) is 0 Å². The highest BCUT2D eigenvalue weighted by Crippen LogP contribution is 2.10. The zero-order chi connectivity index (χ0) is 15.5. The van der Waals surface area contributed by atoms with Gasteiger partial charge in [0, 0.05) is 6.54 Å². The molecule has 0 aliphatic rings. The molecule has 0 spiro atoms. The first-order valence-corrected chi connectivity index (χ1v) is 7.78. The lowest BCUT2D eigenvalue weighted by Gasteiger charge is -2.14. The maximum absolute atomic E-state index is 11.8. The molecular weight excluding hydrogens is 264 g/mol. The molecule has 1 rings (SSSR count). The molecule has 0 aromatic heterocycles. The number of unbranched alkanes of at least 4 members (excludes halogenated alkanes) is 4. The Balaban J connectivity index is 2.23. The van der Waals surface area contributed by atoms with Crippen LogP contribution in [0.15, 0.2) is 30.3 Å². The highest BCUT2D eigenvalue weighted by molar-refractivity contribution is 6.35. The Morgan fingerprint density at radius 2 is 1.67 bits per heavy atom. The smallest absolute Gasteiger partial charge is 0.309 e. The number of benzene rings is 1. The lowest BCUT2D eigenvalue weighted by molar-refractivity contribution is -0.139. The number of hydrogen-bond acceptors (Lipinski definition) is 2. The van der Waals surface area contributed by atoms with Crippen molar-refractivity contribution in [3.63, 3.8) is 0 Å². The molecule has 0 fully saturated rings. The fourth-order valence-electron chi connectivity index (χ4n) is 2.10. The first kappa shape index (κ1) is 17.2. The second kappa shape index (κ2) is 9.97. The van der Waals surface area contributed by atoms with Crippen LogP contribution in [-0.4, -0.2) is 18.4 Å². The Morgan fingerprint density at radius 1 is 1.00 bits per heavy atom. The molecule has 0 aliphatic heterocycles. The number of nitrogens with one attached hydrogen (secondary N) is 2. The van der Waals surface area contributed by atoms with Gasteiger partial charge in [-0.1, -0.05) is 62.9 Å². The summed E-state index contributed by atoms with van der Waals surface area (Å²) in [5, 5.41) is 5.37. The van der Waals surface area contributed by atoms with Gasteiger partial charge in [0.25, 0.3) is 0 Å². The molecule has 1 aromatic rings. The van der Waals surface area contributed by atoms with E-state index in [0.29, 0.717) is 6.54 Å². The van der Waals surface area contributed by atoms with Crippen LogP contribution in [0.2, 0.25) is 0 Å². The summed E-state index contributed by atoms with van der Waals surface area (Å²) in [4.78, 5) is 23.4. The summed E-state index contributed by atoms with van der Waals surface area (Å²) in [5.74, 6) is -1.12. The van der Waals surface area contributed by atoms with Crippen LogP contribution in [0.1, 0.15) is 57.6 Å². The first-order valence-electron chi connectivity index (χ1n) is 7.78. The van der Waals surface area contributed by atoms with Crippen molar-refractivity contribution in [3.8, 4) is 0 Å². The van der Waals surface area contributed by atoms with E-state index in [1.165, 1.54) is 19.3 Å². The van der Waals surface area contributed by atoms with Crippen molar-refractivity contribution < 1.29 is 9.59 Å². The first-order chi connectivity index (χ1) is 10.1. The van der Waals surface area contributed by atoms with E-state index < -0.39 is 11.8 Å². The Kier molecular flexibility index (Phi) is 8.17. The van der Waals surface area contributed by atoms with E-state index in [2.05, 4.69) is 17.6 Å². The van der Waals surface area contributed by atoms with Crippen LogP contribution in [0.3, 0.4) is 0 Å². The average Bonchev–Trinajstić information content (AvgIpc) is 2.51. The van der Waals surface area contributed by atoms with Gasteiger partial charge >= 0.3 is 11.8 Å². The SMILES string of the molecule is CCCCCCCNC(=O)C(=O)N[C@H](C)c1ccccc1. The molecule has 1 aromatic carbocycles. The molecule has 0 saturated carbocycles. The van der Waals surface area contributed by atoms with Crippen LogP contribution in [0.5, 0.6) is 0 Å². The standard InChI is InChI=1S/C17H26N2O2/c1-3-4-5-6-10-13-18-16(20)17(21)19-14(2)15-11-8-7-9-12-15/h7-9,11-12,14H,3-6,10,13H2,1-2H3,(H,18,20)(H,19,21)/t14-/m1/s1. The molecule has 1 atom stereocenters. The van der Waals surface area contributed by atoms with E-state index in [1.807, 2.05) is 37.3 Å². The fourth-order valence-corrected chi connectivity index (χ4v) is 2.10. The summed E-state index contributed by atoms with van der Waals surface area (Å²) in [6.45, 7) is 4.60. The van der Waals surface area contributed by atoms with E-state index in [-0.39, 0.29) is 6.04 Å². The third kappa shape index (κ3) is 6.93. The molecule has 0 unspecified atom stereocenters. The zero-order valence-electron chi connectivity index (χ0n) is 13.0. The van der Waals surface area contributed by atoms with Gasteiger partial charge in [-0.2, -0.15) is 0 Å². The average molecular weight is 290 g/mol. The molecule has 0 saturated heterocycles. The van der Waals surface area contributed by atoms with Crippen molar-refractivity contribution in [2.75, 3.05) is 6.54 Å². The van der Waals surface area contributed by atoms with Gasteiger partial charge in [0.05, 0.1) is 6.04 Å². The zero-order valence-corrected chi connectivity index (χ0v) is 13.0. The highest BCUT2D eigenvalue weighted by Gasteiger charge is 2.16. The van der Waals surface area contributed by atoms with Crippen LogP contribution in [-0.2, 0) is 9.59 Å². The monoisotopic (exact) mass is 290 g/mol. The van der Waals surface area contributed by atoms with Crippen LogP contribution in [0, 0.1) is 0 Å². The van der Waals surface area contributed by atoms with Crippen LogP contribution < -0.4 is 10.6 Å². The van der Waals surface area contributed by atoms with E-state index in [1.54, 1.807) is 0 Å². The lowest BCUT2D eigenvalue weighted by Crippen LogP contribution is -2.41. The van der Waals surface area contributed by atoms with Crippen LogP contribution in [0.4, 0.5) is 0 Å². The van der Waals surface area contributed by atoms with Crippen LogP contribution in [0.25, 0.3) is 0 Å². The maximum atomic E-state index is 11.8. The van der Waals surface area contributed by atoms with E-state index in [9.17, 15) is 9.59 Å². The number of rotatable bonds is 8. The predicted octanol–water partition coefficient (Wildman–Crippen LogP) is 2.95. The summed E-state index contributed by atoms with van der Waals surface area (Å²) >= 11 is 0. The number of carbonyl (C=O) groups excluding carboxylic acids is 2. The Morgan fingerprint density at radius 3 is 2.33 bits per heavy atom. The molecule has 0 heterocycles. The molecule has 0 bridgehead atoms. The molecule has 116 valence electrons. The van der Waals surface area contributed by atoms with Gasteiger partial charge in [-0.15, -0.1) is 0 Å². The summed E-state index contributed by atoms with van der Waals surface area (Å²) in [6.07, 6.45) is 5.63. The molecule has 4 heteroatoms. The highest BCUT2D eigenvalue weighted by atomic mass is 16.2. The van der Waals surface area contributed by atoms with Crippen molar-refractivity contribution in [2.45, 2.75) is 52.0 Å². The van der Waals surface area contributed by atoms with Crippen molar-refractivity contribution in [2.24, 2.45) is 0 Å². The van der Waals surface area contributed by atoms with E-state index >= 15 is 0 Å². The molecule has 2 N–H and O–H groups in total. The molecule has 4 nitrogen and oxygen atoms in total. The summed E-state index contributed by atoms with van der Waals surface area (Å²) in [6, 6.07) is 9.42. The van der Waals surface area contributed by atoms with Gasteiger partial charge in [0.15, 0.2) is 0 Å².